The Labute approximate surface area is 121 Å². The molecule has 0 spiro atoms. The summed E-state index contributed by atoms with van der Waals surface area (Å²) in [5.41, 5.74) is 0.846. The third kappa shape index (κ3) is 4.31. The summed E-state index contributed by atoms with van der Waals surface area (Å²) in [7, 11) is 7.39. The van der Waals surface area contributed by atoms with Crippen molar-refractivity contribution in [2.24, 2.45) is 5.92 Å². The van der Waals surface area contributed by atoms with Gasteiger partial charge in [-0.3, -0.25) is 0 Å². The second kappa shape index (κ2) is 8.01. The molecular weight excluding hydrogens is 256 g/mol. The Morgan fingerprint density at radius 3 is 2.10 bits per heavy atom. The van der Waals surface area contributed by atoms with E-state index in [0.29, 0.717) is 30.3 Å². The summed E-state index contributed by atoms with van der Waals surface area (Å²) >= 11 is 0. The molecule has 0 saturated carbocycles. The Kier molecular flexibility index (Phi) is 6.67. The van der Waals surface area contributed by atoms with Gasteiger partial charge in [0.05, 0.1) is 19.8 Å². The van der Waals surface area contributed by atoms with Crippen LogP contribution in [0, 0.1) is 5.92 Å². The van der Waals surface area contributed by atoms with Gasteiger partial charge in [-0.15, -0.1) is 0 Å². The van der Waals surface area contributed by atoms with Gasteiger partial charge < -0.3 is 19.7 Å². The highest BCUT2D eigenvalue weighted by Crippen LogP contribution is 2.22. The first-order valence-corrected chi connectivity index (χ1v) is 6.80. The van der Waals surface area contributed by atoms with Gasteiger partial charge in [0.25, 0.3) is 0 Å². The monoisotopic (exact) mass is 282 g/mol. The molecule has 0 aliphatic heterocycles. The standard InChI is InChI=1S/C14H26N4O2/c1-10(2)12(18(3)4)8-15-7-11-13(19-5)16-9-17-14(11)20-6/h9-10,12,15H,7-8H2,1-6H3. The van der Waals surface area contributed by atoms with E-state index in [9.17, 15) is 0 Å². The van der Waals surface area contributed by atoms with Crippen LogP contribution in [0.3, 0.4) is 0 Å². The molecule has 1 unspecified atom stereocenters. The van der Waals surface area contributed by atoms with Crippen LogP contribution in [0.1, 0.15) is 19.4 Å². The normalized spacial score (nSPS) is 12.8. The lowest BCUT2D eigenvalue weighted by molar-refractivity contribution is 0.223. The van der Waals surface area contributed by atoms with Crippen molar-refractivity contribution in [2.45, 2.75) is 26.4 Å². The summed E-state index contributed by atoms with van der Waals surface area (Å²) in [5.74, 6) is 1.68. The Hall–Kier alpha value is -1.40. The minimum atomic E-state index is 0.469. The molecule has 1 atom stereocenters. The van der Waals surface area contributed by atoms with E-state index in [-0.39, 0.29) is 0 Å². The van der Waals surface area contributed by atoms with Gasteiger partial charge in [-0.05, 0) is 20.0 Å². The summed E-state index contributed by atoms with van der Waals surface area (Å²) in [5, 5.41) is 3.43. The van der Waals surface area contributed by atoms with E-state index >= 15 is 0 Å². The number of nitrogens with zero attached hydrogens (tertiary/aromatic N) is 3. The fourth-order valence-corrected chi connectivity index (χ4v) is 2.24. The van der Waals surface area contributed by atoms with Crippen LogP contribution >= 0.6 is 0 Å². The van der Waals surface area contributed by atoms with Crippen molar-refractivity contribution in [3.63, 3.8) is 0 Å². The van der Waals surface area contributed by atoms with Gasteiger partial charge in [0.2, 0.25) is 11.8 Å². The Morgan fingerprint density at radius 1 is 1.15 bits per heavy atom. The first kappa shape index (κ1) is 16.7. The van der Waals surface area contributed by atoms with Crippen LogP contribution in [-0.2, 0) is 6.54 Å². The molecule has 1 rings (SSSR count). The van der Waals surface area contributed by atoms with Crippen LogP contribution in [0.2, 0.25) is 0 Å². The van der Waals surface area contributed by atoms with Crippen LogP contribution in [0.5, 0.6) is 11.8 Å². The summed E-state index contributed by atoms with van der Waals surface area (Å²) in [6.07, 6.45) is 1.44. The molecule has 0 radical (unpaired) electrons. The van der Waals surface area contributed by atoms with Crippen LogP contribution in [0.15, 0.2) is 6.33 Å². The van der Waals surface area contributed by atoms with E-state index in [1.807, 2.05) is 0 Å². The molecule has 0 aromatic carbocycles. The smallest absolute Gasteiger partial charge is 0.224 e. The second-order valence-electron chi connectivity index (χ2n) is 5.28. The van der Waals surface area contributed by atoms with E-state index < -0.39 is 0 Å². The minimum absolute atomic E-state index is 0.469. The number of likely N-dealkylation sites (N-methyl/N-ethyl adjacent to an activating group) is 1. The van der Waals surface area contributed by atoms with Gasteiger partial charge in [0.1, 0.15) is 6.33 Å². The lowest BCUT2D eigenvalue weighted by Gasteiger charge is -2.28. The van der Waals surface area contributed by atoms with Crippen molar-refractivity contribution < 1.29 is 9.47 Å². The number of nitrogens with one attached hydrogen (secondary N) is 1. The molecule has 20 heavy (non-hydrogen) atoms. The summed E-state index contributed by atoms with van der Waals surface area (Å²) in [4.78, 5) is 10.4. The molecule has 0 amide bonds. The number of hydrogen-bond acceptors (Lipinski definition) is 6. The fourth-order valence-electron chi connectivity index (χ4n) is 2.24. The Bertz CT molecular complexity index is 380. The molecule has 114 valence electrons. The molecule has 1 N–H and O–H groups in total. The number of rotatable bonds is 8. The third-order valence-electron chi connectivity index (χ3n) is 3.34. The van der Waals surface area contributed by atoms with Crippen molar-refractivity contribution in [3.05, 3.63) is 11.9 Å². The molecular formula is C14H26N4O2. The second-order valence-corrected chi connectivity index (χ2v) is 5.28. The van der Waals surface area contributed by atoms with E-state index in [0.717, 1.165) is 12.1 Å². The SMILES string of the molecule is COc1ncnc(OC)c1CNCC(C(C)C)N(C)C. The lowest BCUT2D eigenvalue weighted by atomic mass is 10.0. The molecule has 6 nitrogen and oxygen atoms in total. The van der Waals surface area contributed by atoms with Gasteiger partial charge in [0.15, 0.2) is 0 Å². The predicted octanol–water partition coefficient (Wildman–Crippen LogP) is 1.17. The van der Waals surface area contributed by atoms with E-state index in [1.165, 1.54) is 6.33 Å². The Balaban J connectivity index is 2.70. The Morgan fingerprint density at radius 2 is 1.70 bits per heavy atom. The van der Waals surface area contributed by atoms with Crippen molar-refractivity contribution in [1.29, 1.82) is 0 Å². The maximum absolute atomic E-state index is 5.26. The van der Waals surface area contributed by atoms with Crippen molar-refractivity contribution in [2.75, 3.05) is 34.9 Å². The van der Waals surface area contributed by atoms with Crippen molar-refractivity contribution in [1.82, 2.24) is 20.2 Å². The largest absolute Gasteiger partial charge is 0.481 e. The van der Waals surface area contributed by atoms with Gasteiger partial charge in [-0.1, -0.05) is 13.8 Å². The zero-order valence-electron chi connectivity index (χ0n) is 13.3. The van der Waals surface area contributed by atoms with Gasteiger partial charge in [0, 0.05) is 19.1 Å². The topological polar surface area (TPSA) is 59.5 Å². The first-order chi connectivity index (χ1) is 9.51. The molecule has 1 heterocycles. The molecule has 0 saturated heterocycles. The van der Waals surface area contributed by atoms with E-state index in [4.69, 9.17) is 9.47 Å². The number of hydrogen-bond donors (Lipinski definition) is 1. The molecule has 0 fully saturated rings. The quantitative estimate of drug-likeness (QED) is 0.772. The predicted molar refractivity (Wildman–Crippen MR) is 79.2 cm³/mol. The molecule has 0 aliphatic rings. The summed E-state index contributed by atoms with van der Waals surface area (Å²) < 4.78 is 10.5. The molecule has 1 aromatic heterocycles. The molecule has 1 aromatic rings. The maximum Gasteiger partial charge on any atom is 0.224 e. The highest BCUT2D eigenvalue weighted by Gasteiger charge is 2.17. The van der Waals surface area contributed by atoms with Crippen molar-refractivity contribution in [3.8, 4) is 11.8 Å². The number of methoxy groups -OCH3 is 2. The highest BCUT2D eigenvalue weighted by atomic mass is 16.5. The van der Waals surface area contributed by atoms with Crippen LogP contribution in [-0.4, -0.2) is 55.8 Å². The molecule has 0 bridgehead atoms. The average molecular weight is 282 g/mol. The number of ether oxygens (including phenoxy) is 2. The van der Waals surface area contributed by atoms with Crippen LogP contribution in [0.25, 0.3) is 0 Å². The van der Waals surface area contributed by atoms with Gasteiger partial charge >= 0.3 is 0 Å². The van der Waals surface area contributed by atoms with E-state index in [2.05, 4.69) is 48.1 Å². The maximum atomic E-state index is 5.26. The van der Waals surface area contributed by atoms with Crippen molar-refractivity contribution >= 4 is 0 Å². The van der Waals surface area contributed by atoms with Crippen LogP contribution in [0.4, 0.5) is 0 Å². The zero-order chi connectivity index (χ0) is 15.1. The molecule has 0 aliphatic carbocycles. The zero-order valence-corrected chi connectivity index (χ0v) is 13.3. The molecule has 6 heteroatoms. The summed E-state index contributed by atoms with van der Waals surface area (Å²) in [6, 6.07) is 0.469. The lowest BCUT2D eigenvalue weighted by Crippen LogP contribution is -2.41. The fraction of sp³-hybridized carbons (Fsp3) is 0.714. The first-order valence-electron chi connectivity index (χ1n) is 6.80. The third-order valence-corrected chi connectivity index (χ3v) is 3.34. The van der Waals surface area contributed by atoms with Crippen LogP contribution < -0.4 is 14.8 Å². The number of aromatic nitrogens is 2. The average Bonchev–Trinajstić information content (AvgIpc) is 2.42. The van der Waals surface area contributed by atoms with Gasteiger partial charge in [-0.25, -0.2) is 9.97 Å². The summed E-state index contributed by atoms with van der Waals surface area (Å²) in [6.45, 7) is 5.94. The highest BCUT2D eigenvalue weighted by molar-refractivity contribution is 5.34. The minimum Gasteiger partial charge on any atom is -0.481 e. The van der Waals surface area contributed by atoms with E-state index in [1.54, 1.807) is 14.2 Å². The van der Waals surface area contributed by atoms with Gasteiger partial charge in [-0.2, -0.15) is 0 Å².